The molecule has 2 saturated heterocycles. The minimum Gasteiger partial charge on any atom is -0.462 e. The number of cyclic esters (lactones) is 4. The molecule has 0 aromatic carbocycles. The van der Waals surface area contributed by atoms with Gasteiger partial charge in [-0.1, -0.05) is 0 Å². The number of rotatable bonds is 8. The number of hydrogen-bond donors (Lipinski definition) is 0. The molecule has 0 aliphatic carbocycles. The average Bonchev–Trinajstić information content (AvgIpc) is 3.05. The first kappa shape index (κ1) is 23.0. The lowest BCUT2D eigenvalue weighted by Crippen LogP contribution is -2.20. The van der Waals surface area contributed by atoms with Gasteiger partial charge >= 0.3 is 24.2 Å². The maximum absolute atomic E-state index is 11.6. The Morgan fingerprint density at radius 2 is 1.13 bits per heavy atom. The summed E-state index contributed by atoms with van der Waals surface area (Å²) in [5, 5.41) is 0. The van der Waals surface area contributed by atoms with Crippen LogP contribution in [0, 0.1) is 0 Å². The van der Waals surface area contributed by atoms with Gasteiger partial charge in [-0.05, 0) is 39.8 Å². The summed E-state index contributed by atoms with van der Waals surface area (Å²) in [6.07, 6.45) is 4.15. The van der Waals surface area contributed by atoms with Gasteiger partial charge in [-0.15, -0.1) is 0 Å². The summed E-state index contributed by atoms with van der Waals surface area (Å²) in [4.78, 5) is 45.4. The van der Waals surface area contributed by atoms with Crippen molar-refractivity contribution in [1.29, 1.82) is 0 Å². The third kappa shape index (κ3) is 6.64. The van der Waals surface area contributed by atoms with Crippen molar-refractivity contribution in [2.45, 2.75) is 51.7 Å². The smallest absolute Gasteiger partial charge is 0.462 e. The predicted octanol–water partition coefficient (Wildman–Crippen LogP) is 3.07. The molecule has 0 spiro atoms. The van der Waals surface area contributed by atoms with Crippen molar-refractivity contribution in [3.63, 3.8) is 0 Å². The van der Waals surface area contributed by atoms with Gasteiger partial charge in [0.25, 0.3) is 0 Å². The molecule has 2 aliphatic rings. The minimum atomic E-state index is -0.858. The summed E-state index contributed by atoms with van der Waals surface area (Å²) in [5.41, 5.74) is -1.72. The molecule has 0 radical (unpaired) electrons. The second-order valence-corrected chi connectivity index (χ2v) is 7.31. The Kier molecular flexibility index (Phi) is 7.25. The molecule has 0 atom stereocenters. The topological polar surface area (TPSA) is 124 Å². The average molecular weight is 424 g/mol. The Morgan fingerprint density at radius 1 is 0.767 bits per heavy atom. The molecule has 0 N–H and O–H groups in total. The normalized spacial score (nSPS) is 21.9. The maximum atomic E-state index is 11.6. The summed E-state index contributed by atoms with van der Waals surface area (Å²) in [6.45, 7) is 6.76. The number of carbonyl (C=O) groups excluding carboxylic acids is 4. The van der Waals surface area contributed by atoms with Crippen molar-refractivity contribution in [3.05, 3.63) is 35.8 Å². The molecule has 0 amide bonds. The Hall–Kier alpha value is -3.30. The lowest BCUT2D eigenvalue weighted by molar-refractivity contribution is -0.140. The molecule has 10 nitrogen and oxygen atoms in total. The largest absolute Gasteiger partial charge is 0.514 e. The van der Waals surface area contributed by atoms with Crippen LogP contribution in [0.15, 0.2) is 35.8 Å². The Balaban J connectivity index is 1.64. The SMILES string of the molecule is CC1(C)OC(=O)OC1=CCCOC(=O)/C=C/C(=O)OCCC=C1OC(=O)OC1(C)C. The standard InChI is InChI=1S/C20H24O10/c1-19(2)13(27-17(23)29-19)7-5-11-25-15(21)9-10-16(22)26-12-6-8-14-20(3,4)30-18(24)28-14/h7-10H,5-6,11-12H2,1-4H3/b10-9+,13-7?,14-8?. The monoisotopic (exact) mass is 424 g/mol. The number of carbonyl (C=O) groups is 4. The fraction of sp³-hybridized carbons (Fsp3) is 0.500. The zero-order valence-corrected chi connectivity index (χ0v) is 17.2. The van der Waals surface area contributed by atoms with Crippen LogP contribution < -0.4 is 0 Å². The number of hydrogen-bond acceptors (Lipinski definition) is 10. The second kappa shape index (κ2) is 9.47. The minimum absolute atomic E-state index is 0.0273. The van der Waals surface area contributed by atoms with Crippen LogP contribution >= 0.6 is 0 Å². The van der Waals surface area contributed by atoms with Crippen molar-refractivity contribution in [1.82, 2.24) is 0 Å². The first-order valence-electron chi connectivity index (χ1n) is 9.24. The Labute approximate surface area is 173 Å². The van der Waals surface area contributed by atoms with Crippen molar-refractivity contribution in [3.8, 4) is 0 Å². The number of ether oxygens (including phenoxy) is 6. The van der Waals surface area contributed by atoms with Gasteiger partial charge in [-0.3, -0.25) is 0 Å². The number of esters is 2. The quantitative estimate of drug-likeness (QED) is 0.248. The third-order valence-corrected chi connectivity index (χ3v) is 3.99. The predicted molar refractivity (Wildman–Crippen MR) is 99.7 cm³/mol. The first-order valence-corrected chi connectivity index (χ1v) is 9.24. The molecule has 0 aromatic rings. The molecule has 2 rings (SSSR count). The van der Waals surface area contributed by atoms with Crippen LogP contribution in [-0.2, 0) is 38.0 Å². The van der Waals surface area contributed by atoms with E-state index in [2.05, 4.69) is 0 Å². The van der Waals surface area contributed by atoms with E-state index in [1.54, 1.807) is 39.8 Å². The summed E-state index contributed by atoms with van der Waals surface area (Å²) >= 11 is 0. The van der Waals surface area contributed by atoms with Gasteiger partial charge in [0.05, 0.1) is 13.2 Å². The Morgan fingerprint density at radius 3 is 1.43 bits per heavy atom. The van der Waals surface area contributed by atoms with Gasteiger partial charge < -0.3 is 28.4 Å². The van der Waals surface area contributed by atoms with E-state index < -0.39 is 35.5 Å². The van der Waals surface area contributed by atoms with Crippen LogP contribution in [0.1, 0.15) is 40.5 Å². The van der Waals surface area contributed by atoms with Crippen LogP contribution in [-0.4, -0.2) is 48.7 Å². The maximum Gasteiger partial charge on any atom is 0.514 e. The highest BCUT2D eigenvalue weighted by atomic mass is 16.8. The highest BCUT2D eigenvalue weighted by Crippen LogP contribution is 2.30. The van der Waals surface area contributed by atoms with Gasteiger partial charge in [-0.2, -0.15) is 0 Å². The van der Waals surface area contributed by atoms with Crippen LogP contribution in [0.3, 0.4) is 0 Å². The van der Waals surface area contributed by atoms with E-state index in [0.29, 0.717) is 24.4 Å². The second-order valence-electron chi connectivity index (χ2n) is 7.31. The molecular weight excluding hydrogens is 400 g/mol. The molecule has 0 aromatic heterocycles. The van der Waals surface area contributed by atoms with Crippen LogP contribution in [0.25, 0.3) is 0 Å². The fourth-order valence-corrected chi connectivity index (χ4v) is 2.49. The van der Waals surface area contributed by atoms with Gasteiger partial charge in [-0.25, -0.2) is 19.2 Å². The summed E-state index contributed by atoms with van der Waals surface area (Å²) in [5.74, 6) is -0.744. The fourth-order valence-electron chi connectivity index (χ4n) is 2.49. The van der Waals surface area contributed by atoms with Crippen molar-refractivity contribution >= 4 is 24.2 Å². The molecular formula is C20H24O10. The van der Waals surface area contributed by atoms with E-state index in [-0.39, 0.29) is 13.2 Å². The van der Waals surface area contributed by atoms with Crippen LogP contribution in [0.2, 0.25) is 0 Å². The molecule has 2 fully saturated rings. The first-order chi connectivity index (χ1) is 14.0. The highest BCUT2D eigenvalue weighted by Gasteiger charge is 2.39. The summed E-state index contributed by atoms with van der Waals surface area (Å²) in [7, 11) is 0. The molecule has 2 aliphatic heterocycles. The van der Waals surface area contributed by atoms with Crippen molar-refractivity contribution < 1.29 is 47.6 Å². The van der Waals surface area contributed by atoms with Crippen LogP contribution in [0.4, 0.5) is 9.59 Å². The Bertz CT molecular complexity index is 734. The zero-order valence-electron chi connectivity index (χ0n) is 17.2. The molecule has 0 unspecified atom stereocenters. The van der Waals surface area contributed by atoms with Gasteiger partial charge in [0, 0.05) is 25.0 Å². The van der Waals surface area contributed by atoms with E-state index in [0.717, 1.165) is 12.2 Å². The van der Waals surface area contributed by atoms with Gasteiger partial charge in [0.15, 0.2) is 22.7 Å². The summed E-state index contributed by atoms with van der Waals surface area (Å²) in [6, 6.07) is 0. The lowest BCUT2D eigenvalue weighted by atomic mass is 10.1. The molecule has 2 heterocycles. The van der Waals surface area contributed by atoms with E-state index >= 15 is 0 Å². The molecule has 0 saturated carbocycles. The zero-order chi connectivity index (χ0) is 22.4. The van der Waals surface area contributed by atoms with E-state index in [4.69, 9.17) is 28.4 Å². The van der Waals surface area contributed by atoms with Gasteiger partial charge in [0.2, 0.25) is 0 Å². The molecule has 0 bridgehead atoms. The lowest BCUT2D eigenvalue weighted by Gasteiger charge is -2.13. The van der Waals surface area contributed by atoms with E-state index in [9.17, 15) is 19.2 Å². The molecule has 10 heteroatoms. The van der Waals surface area contributed by atoms with Crippen LogP contribution in [0.5, 0.6) is 0 Å². The van der Waals surface area contributed by atoms with Crippen molar-refractivity contribution in [2.75, 3.05) is 13.2 Å². The van der Waals surface area contributed by atoms with E-state index in [1.807, 2.05) is 0 Å². The third-order valence-electron chi connectivity index (χ3n) is 3.99. The van der Waals surface area contributed by atoms with Gasteiger partial charge in [0.1, 0.15) is 0 Å². The van der Waals surface area contributed by atoms with E-state index in [1.165, 1.54) is 0 Å². The molecule has 164 valence electrons. The van der Waals surface area contributed by atoms with Crippen molar-refractivity contribution in [2.24, 2.45) is 0 Å². The summed E-state index contributed by atoms with van der Waals surface area (Å²) < 4.78 is 29.6. The highest BCUT2D eigenvalue weighted by molar-refractivity contribution is 5.91. The molecule has 30 heavy (non-hydrogen) atoms.